The minimum Gasteiger partial charge on any atom is -0.396 e. The third kappa shape index (κ3) is 2.48. The smallest absolute Gasteiger partial charge is 0.0468 e. The van der Waals surface area contributed by atoms with Crippen LogP contribution in [0.1, 0.15) is 52.9 Å². The Bertz CT molecular complexity index is 254. The molecule has 1 heteroatoms. The fraction of sp³-hybridized carbons (Fsp3) is 0.692. The summed E-state index contributed by atoms with van der Waals surface area (Å²) < 4.78 is 0. The van der Waals surface area contributed by atoms with Gasteiger partial charge in [0.15, 0.2) is 0 Å². The van der Waals surface area contributed by atoms with Gasteiger partial charge >= 0.3 is 0 Å². The van der Waals surface area contributed by atoms with Gasteiger partial charge in [-0.25, -0.2) is 0 Å². The predicted octanol–water partition coefficient (Wildman–Crippen LogP) is 3.60. The molecular formula is C13H22O. The number of aliphatic hydroxyl groups is 1. The Morgan fingerprint density at radius 3 is 2.43 bits per heavy atom. The molecule has 0 saturated carbocycles. The van der Waals surface area contributed by atoms with Crippen LogP contribution in [-0.2, 0) is 0 Å². The Morgan fingerprint density at radius 2 is 1.86 bits per heavy atom. The standard InChI is InChI=1S/C13H22O/c1-4-5-13-11(3)10(2)6-7-12(13)8-9-14/h14H,4-9H2,1-3H3. The topological polar surface area (TPSA) is 20.2 Å². The van der Waals surface area contributed by atoms with Crippen LogP contribution >= 0.6 is 0 Å². The van der Waals surface area contributed by atoms with E-state index in [4.69, 9.17) is 5.11 Å². The number of allylic oxidation sites excluding steroid dienone is 3. The Morgan fingerprint density at radius 1 is 1.14 bits per heavy atom. The molecule has 0 unspecified atom stereocenters. The molecule has 0 aliphatic heterocycles. The minimum absolute atomic E-state index is 0.300. The summed E-state index contributed by atoms with van der Waals surface area (Å²) in [6.45, 7) is 6.99. The fourth-order valence-corrected chi connectivity index (χ4v) is 2.22. The molecule has 1 aliphatic carbocycles. The molecule has 0 radical (unpaired) electrons. The summed E-state index contributed by atoms with van der Waals surface area (Å²) in [5, 5.41) is 9.01. The molecule has 0 heterocycles. The van der Waals surface area contributed by atoms with Gasteiger partial charge in [0.2, 0.25) is 0 Å². The number of rotatable bonds is 4. The van der Waals surface area contributed by atoms with Gasteiger partial charge < -0.3 is 5.11 Å². The van der Waals surface area contributed by atoms with Gasteiger partial charge in [0, 0.05) is 6.61 Å². The molecule has 0 saturated heterocycles. The SMILES string of the molecule is CCCC1=C(CCO)CCC(C)=C1C. The first-order chi connectivity index (χ1) is 6.70. The Hall–Kier alpha value is -0.560. The van der Waals surface area contributed by atoms with E-state index >= 15 is 0 Å². The highest BCUT2D eigenvalue weighted by Crippen LogP contribution is 2.33. The zero-order valence-electron chi connectivity index (χ0n) is 9.69. The van der Waals surface area contributed by atoms with Crippen LogP contribution < -0.4 is 0 Å². The van der Waals surface area contributed by atoms with E-state index in [0.29, 0.717) is 6.61 Å². The summed E-state index contributed by atoms with van der Waals surface area (Å²) >= 11 is 0. The summed E-state index contributed by atoms with van der Waals surface area (Å²) in [7, 11) is 0. The lowest BCUT2D eigenvalue weighted by atomic mass is 9.84. The second kappa shape index (κ2) is 5.35. The van der Waals surface area contributed by atoms with E-state index in [0.717, 1.165) is 6.42 Å². The first-order valence-corrected chi connectivity index (χ1v) is 5.69. The van der Waals surface area contributed by atoms with Gasteiger partial charge in [-0.05, 0) is 50.7 Å². The van der Waals surface area contributed by atoms with Crippen molar-refractivity contribution in [1.82, 2.24) is 0 Å². The van der Waals surface area contributed by atoms with Crippen molar-refractivity contribution in [3.8, 4) is 0 Å². The molecule has 0 aromatic heterocycles. The van der Waals surface area contributed by atoms with Crippen molar-refractivity contribution in [3.63, 3.8) is 0 Å². The minimum atomic E-state index is 0.300. The van der Waals surface area contributed by atoms with Crippen molar-refractivity contribution in [2.45, 2.75) is 52.9 Å². The van der Waals surface area contributed by atoms with Crippen molar-refractivity contribution in [3.05, 3.63) is 22.3 Å². The average Bonchev–Trinajstić information content (AvgIpc) is 2.18. The second-order valence-corrected chi connectivity index (χ2v) is 4.21. The highest BCUT2D eigenvalue weighted by molar-refractivity contribution is 5.40. The summed E-state index contributed by atoms with van der Waals surface area (Å²) in [5.41, 5.74) is 6.06. The van der Waals surface area contributed by atoms with E-state index in [1.165, 1.54) is 48.0 Å². The third-order valence-corrected chi connectivity index (χ3v) is 3.23. The van der Waals surface area contributed by atoms with Crippen LogP contribution in [0.5, 0.6) is 0 Å². The van der Waals surface area contributed by atoms with Crippen molar-refractivity contribution in [2.75, 3.05) is 6.61 Å². The van der Waals surface area contributed by atoms with Crippen molar-refractivity contribution >= 4 is 0 Å². The number of hydrogen-bond acceptors (Lipinski definition) is 1. The van der Waals surface area contributed by atoms with E-state index in [1.807, 2.05) is 0 Å². The monoisotopic (exact) mass is 194 g/mol. The highest BCUT2D eigenvalue weighted by atomic mass is 16.2. The van der Waals surface area contributed by atoms with Crippen molar-refractivity contribution < 1.29 is 5.11 Å². The molecule has 14 heavy (non-hydrogen) atoms. The average molecular weight is 194 g/mol. The first-order valence-electron chi connectivity index (χ1n) is 5.69. The Labute approximate surface area is 87.5 Å². The maximum absolute atomic E-state index is 9.01. The lowest BCUT2D eigenvalue weighted by Gasteiger charge is -2.23. The molecule has 1 rings (SSSR count). The third-order valence-electron chi connectivity index (χ3n) is 3.23. The molecule has 1 aliphatic rings. The van der Waals surface area contributed by atoms with Crippen molar-refractivity contribution in [2.24, 2.45) is 0 Å². The van der Waals surface area contributed by atoms with Crippen LogP contribution in [-0.4, -0.2) is 11.7 Å². The van der Waals surface area contributed by atoms with Crippen LogP contribution in [0.4, 0.5) is 0 Å². The highest BCUT2D eigenvalue weighted by Gasteiger charge is 2.15. The Kier molecular flexibility index (Phi) is 4.40. The second-order valence-electron chi connectivity index (χ2n) is 4.21. The van der Waals surface area contributed by atoms with Crippen molar-refractivity contribution in [1.29, 1.82) is 0 Å². The molecule has 0 bridgehead atoms. The maximum Gasteiger partial charge on any atom is 0.0468 e. The van der Waals surface area contributed by atoms with E-state index in [1.54, 1.807) is 0 Å². The van der Waals surface area contributed by atoms with E-state index in [-0.39, 0.29) is 0 Å². The first kappa shape index (κ1) is 11.5. The molecule has 1 N–H and O–H groups in total. The van der Waals surface area contributed by atoms with Crippen LogP contribution in [0.15, 0.2) is 22.3 Å². The molecule has 0 aromatic rings. The number of hydrogen-bond donors (Lipinski definition) is 1. The normalized spacial score (nSPS) is 18.0. The van der Waals surface area contributed by atoms with Crippen LogP contribution in [0.2, 0.25) is 0 Å². The Balaban J connectivity index is 2.92. The zero-order chi connectivity index (χ0) is 10.6. The van der Waals surface area contributed by atoms with Crippen LogP contribution in [0.25, 0.3) is 0 Å². The van der Waals surface area contributed by atoms with E-state index in [2.05, 4.69) is 20.8 Å². The molecule has 1 nitrogen and oxygen atoms in total. The summed E-state index contributed by atoms with van der Waals surface area (Å²) in [6.07, 6.45) is 5.61. The van der Waals surface area contributed by atoms with Crippen LogP contribution in [0.3, 0.4) is 0 Å². The van der Waals surface area contributed by atoms with Gasteiger partial charge in [-0.15, -0.1) is 0 Å². The van der Waals surface area contributed by atoms with Gasteiger partial charge in [0.05, 0.1) is 0 Å². The van der Waals surface area contributed by atoms with Crippen LogP contribution in [0, 0.1) is 0 Å². The van der Waals surface area contributed by atoms with E-state index in [9.17, 15) is 0 Å². The summed E-state index contributed by atoms with van der Waals surface area (Å²) in [4.78, 5) is 0. The van der Waals surface area contributed by atoms with Gasteiger partial charge in [0.1, 0.15) is 0 Å². The zero-order valence-corrected chi connectivity index (χ0v) is 9.69. The number of aliphatic hydroxyl groups excluding tert-OH is 1. The van der Waals surface area contributed by atoms with E-state index < -0.39 is 0 Å². The predicted molar refractivity (Wildman–Crippen MR) is 61.2 cm³/mol. The lowest BCUT2D eigenvalue weighted by molar-refractivity contribution is 0.297. The summed E-state index contributed by atoms with van der Waals surface area (Å²) in [6, 6.07) is 0. The van der Waals surface area contributed by atoms with Gasteiger partial charge in [-0.1, -0.05) is 24.5 Å². The largest absolute Gasteiger partial charge is 0.396 e. The molecule has 80 valence electrons. The molecule has 0 fully saturated rings. The van der Waals surface area contributed by atoms with Gasteiger partial charge in [-0.3, -0.25) is 0 Å². The quantitative estimate of drug-likeness (QED) is 0.725. The summed E-state index contributed by atoms with van der Waals surface area (Å²) in [5.74, 6) is 0. The molecule has 0 spiro atoms. The van der Waals surface area contributed by atoms with Gasteiger partial charge in [-0.2, -0.15) is 0 Å². The fourth-order valence-electron chi connectivity index (χ4n) is 2.22. The van der Waals surface area contributed by atoms with Gasteiger partial charge in [0.25, 0.3) is 0 Å². The molecule has 0 aromatic carbocycles. The molecule has 0 atom stereocenters. The maximum atomic E-state index is 9.01. The molecule has 0 amide bonds. The lowest BCUT2D eigenvalue weighted by Crippen LogP contribution is -2.04. The molecular weight excluding hydrogens is 172 g/mol.